The predicted molar refractivity (Wildman–Crippen MR) is 102 cm³/mol. The molecule has 3 rings (SSSR count). The van der Waals surface area contributed by atoms with Crippen LogP contribution in [0.2, 0.25) is 0 Å². The minimum absolute atomic E-state index is 0.335. The van der Waals surface area contributed by atoms with Crippen molar-refractivity contribution in [2.45, 2.75) is 52.2 Å². The molecule has 0 radical (unpaired) electrons. The number of carbonyl (C=O) groups is 3. The fourth-order valence-corrected chi connectivity index (χ4v) is 4.59. The molecule has 2 amide bonds. The van der Waals surface area contributed by atoms with Crippen molar-refractivity contribution >= 4 is 34.1 Å². The molecule has 2 aliphatic rings. The lowest BCUT2D eigenvalue weighted by atomic mass is 9.93. The molecule has 1 N–H and O–H groups in total. The number of methoxy groups -OCH3 is 1. The molecule has 0 aliphatic carbocycles. The van der Waals surface area contributed by atoms with E-state index in [1.165, 1.54) is 18.4 Å². The Hall–Kier alpha value is -1.93. The van der Waals surface area contributed by atoms with Crippen LogP contribution in [0.1, 0.15) is 54.4 Å². The molecule has 27 heavy (non-hydrogen) atoms. The molecular formula is C19H26N2O5S. The standard InChI is InChI=1S/C19H26N2O5S/c1-11-5-7-21(8-6-11)17(23)15(22)20-16-14(18(24)25-4)12-9-19(2,3)26-10-13(12)27-16/h11H,5-10H2,1-4H3,(H,20,22). The molecule has 0 saturated carbocycles. The van der Waals surface area contributed by atoms with E-state index in [1.807, 2.05) is 13.8 Å². The van der Waals surface area contributed by atoms with E-state index in [9.17, 15) is 14.4 Å². The number of nitrogens with one attached hydrogen (secondary N) is 1. The highest BCUT2D eigenvalue weighted by Crippen LogP contribution is 2.40. The lowest BCUT2D eigenvalue weighted by Crippen LogP contribution is -2.43. The zero-order valence-corrected chi connectivity index (χ0v) is 17.0. The second-order valence-corrected chi connectivity index (χ2v) is 8.96. The summed E-state index contributed by atoms with van der Waals surface area (Å²) in [5.74, 6) is -1.22. The van der Waals surface area contributed by atoms with Gasteiger partial charge in [-0.15, -0.1) is 11.3 Å². The Labute approximate surface area is 163 Å². The first-order valence-corrected chi connectivity index (χ1v) is 10.0. The Kier molecular flexibility index (Phi) is 5.58. The van der Waals surface area contributed by atoms with Gasteiger partial charge in [-0.2, -0.15) is 0 Å². The van der Waals surface area contributed by atoms with E-state index in [2.05, 4.69) is 12.2 Å². The number of thiophene rings is 1. The maximum atomic E-state index is 12.5. The maximum absolute atomic E-state index is 12.5. The molecule has 8 heteroatoms. The zero-order valence-electron chi connectivity index (χ0n) is 16.2. The first-order chi connectivity index (χ1) is 12.7. The quantitative estimate of drug-likeness (QED) is 0.616. The number of likely N-dealkylation sites (tertiary alicyclic amines) is 1. The number of amides is 2. The number of hydrogen-bond acceptors (Lipinski definition) is 6. The van der Waals surface area contributed by atoms with Crippen molar-refractivity contribution in [2.24, 2.45) is 5.92 Å². The van der Waals surface area contributed by atoms with Gasteiger partial charge >= 0.3 is 17.8 Å². The summed E-state index contributed by atoms with van der Waals surface area (Å²) in [6, 6.07) is 0. The second-order valence-electron chi connectivity index (χ2n) is 7.85. The number of carbonyl (C=O) groups excluding carboxylic acids is 3. The third kappa shape index (κ3) is 4.16. The van der Waals surface area contributed by atoms with Gasteiger partial charge in [-0.25, -0.2) is 4.79 Å². The topological polar surface area (TPSA) is 84.9 Å². The molecule has 1 fully saturated rings. The van der Waals surface area contributed by atoms with Gasteiger partial charge in [-0.3, -0.25) is 9.59 Å². The molecule has 3 heterocycles. The van der Waals surface area contributed by atoms with Crippen molar-refractivity contribution in [3.63, 3.8) is 0 Å². The van der Waals surface area contributed by atoms with Crippen molar-refractivity contribution in [1.82, 2.24) is 4.90 Å². The van der Waals surface area contributed by atoms with Gasteiger partial charge in [0, 0.05) is 24.4 Å². The van der Waals surface area contributed by atoms with Gasteiger partial charge in [-0.1, -0.05) is 6.92 Å². The number of ether oxygens (including phenoxy) is 2. The van der Waals surface area contributed by atoms with Crippen molar-refractivity contribution in [3.8, 4) is 0 Å². The second kappa shape index (κ2) is 7.59. The smallest absolute Gasteiger partial charge is 0.341 e. The van der Waals surface area contributed by atoms with Crippen LogP contribution in [0.25, 0.3) is 0 Å². The van der Waals surface area contributed by atoms with E-state index >= 15 is 0 Å². The Morgan fingerprint density at radius 3 is 2.56 bits per heavy atom. The highest BCUT2D eigenvalue weighted by Gasteiger charge is 2.35. The molecule has 148 valence electrons. The van der Waals surface area contributed by atoms with Crippen molar-refractivity contribution < 1.29 is 23.9 Å². The predicted octanol–water partition coefficient (Wildman–Crippen LogP) is 2.58. The van der Waals surface area contributed by atoms with Gasteiger partial charge < -0.3 is 19.7 Å². The zero-order chi connectivity index (χ0) is 19.8. The van der Waals surface area contributed by atoms with Gasteiger partial charge in [0.05, 0.1) is 24.9 Å². The SMILES string of the molecule is COC(=O)c1c(NC(=O)C(=O)N2CCC(C)CC2)sc2c1CC(C)(C)OC2. The molecule has 0 bridgehead atoms. The third-order valence-electron chi connectivity index (χ3n) is 5.17. The van der Waals surface area contributed by atoms with E-state index in [-0.39, 0.29) is 0 Å². The van der Waals surface area contributed by atoms with Crippen LogP contribution in [0.15, 0.2) is 0 Å². The van der Waals surface area contributed by atoms with Gasteiger partial charge in [0.15, 0.2) is 0 Å². The first kappa shape index (κ1) is 19.8. The van der Waals surface area contributed by atoms with Crippen LogP contribution in [0.5, 0.6) is 0 Å². The van der Waals surface area contributed by atoms with Crippen LogP contribution < -0.4 is 5.32 Å². The third-order valence-corrected chi connectivity index (χ3v) is 6.29. The summed E-state index contributed by atoms with van der Waals surface area (Å²) >= 11 is 1.27. The number of esters is 1. The largest absolute Gasteiger partial charge is 0.465 e. The van der Waals surface area contributed by atoms with Gasteiger partial charge in [0.2, 0.25) is 0 Å². The minimum Gasteiger partial charge on any atom is -0.465 e. The molecule has 2 aliphatic heterocycles. The minimum atomic E-state index is -0.714. The number of nitrogens with zero attached hydrogens (tertiary/aromatic N) is 1. The van der Waals surface area contributed by atoms with E-state index in [4.69, 9.17) is 9.47 Å². The van der Waals surface area contributed by atoms with Gasteiger partial charge in [-0.05, 0) is 38.2 Å². The van der Waals surface area contributed by atoms with Crippen molar-refractivity contribution in [2.75, 3.05) is 25.5 Å². The molecule has 1 aromatic heterocycles. The number of hydrogen-bond donors (Lipinski definition) is 1. The van der Waals surface area contributed by atoms with Crippen LogP contribution >= 0.6 is 11.3 Å². The van der Waals surface area contributed by atoms with Crippen molar-refractivity contribution in [3.05, 3.63) is 16.0 Å². The summed E-state index contributed by atoms with van der Waals surface area (Å²) in [4.78, 5) is 39.8. The Balaban J connectivity index is 1.82. The number of rotatable bonds is 2. The highest BCUT2D eigenvalue weighted by atomic mass is 32.1. The molecule has 0 aromatic carbocycles. The molecule has 7 nitrogen and oxygen atoms in total. The van der Waals surface area contributed by atoms with Crippen LogP contribution in [0, 0.1) is 5.92 Å². The maximum Gasteiger partial charge on any atom is 0.341 e. The molecule has 1 aromatic rings. The van der Waals surface area contributed by atoms with Gasteiger partial charge in [0.1, 0.15) is 5.00 Å². The summed E-state index contributed by atoms with van der Waals surface area (Å²) < 4.78 is 10.7. The Bertz CT molecular complexity index is 762. The average molecular weight is 394 g/mol. The summed E-state index contributed by atoms with van der Waals surface area (Å²) in [6.07, 6.45) is 2.33. The highest BCUT2D eigenvalue weighted by molar-refractivity contribution is 7.17. The van der Waals surface area contributed by atoms with Crippen LogP contribution in [0.3, 0.4) is 0 Å². The van der Waals surface area contributed by atoms with Crippen LogP contribution in [0.4, 0.5) is 5.00 Å². The molecule has 0 atom stereocenters. The number of anilines is 1. The molecule has 0 unspecified atom stereocenters. The lowest BCUT2D eigenvalue weighted by molar-refractivity contribution is -0.144. The number of piperidine rings is 1. The Morgan fingerprint density at radius 2 is 1.93 bits per heavy atom. The van der Waals surface area contributed by atoms with Crippen LogP contribution in [-0.2, 0) is 32.1 Å². The summed E-state index contributed by atoms with van der Waals surface area (Å²) in [5, 5.41) is 3.01. The van der Waals surface area contributed by atoms with E-state index in [1.54, 1.807) is 4.90 Å². The fraction of sp³-hybridized carbons (Fsp3) is 0.632. The summed E-state index contributed by atoms with van der Waals surface area (Å²) in [5.41, 5.74) is 0.762. The monoisotopic (exact) mass is 394 g/mol. The van der Waals surface area contributed by atoms with Gasteiger partial charge in [0.25, 0.3) is 0 Å². The molecular weight excluding hydrogens is 368 g/mol. The molecule has 0 spiro atoms. The van der Waals surface area contributed by atoms with E-state index in [0.717, 1.165) is 23.3 Å². The summed E-state index contributed by atoms with van der Waals surface area (Å²) in [7, 11) is 1.31. The first-order valence-electron chi connectivity index (χ1n) is 9.19. The van der Waals surface area contributed by atoms with Crippen LogP contribution in [-0.4, -0.2) is 48.5 Å². The normalized spacial score (nSPS) is 19.3. The van der Waals surface area contributed by atoms with E-state index in [0.29, 0.717) is 42.6 Å². The molecule has 1 saturated heterocycles. The Morgan fingerprint density at radius 1 is 1.26 bits per heavy atom. The van der Waals surface area contributed by atoms with Crippen molar-refractivity contribution in [1.29, 1.82) is 0 Å². The number of fused-ring (bicyclic) bond motifs is 1. The lowest BCUT2D eigenvalue weighted by Gasteiger charge is -2.30. The fourth-order valence-electron chi connectivity index (χ4n) is 3.47. The average Bonchev–Trinajstić information content (AvgIpc) is 2.96. The van der Waals surface area contributed by atoms with E-state index < -0.39 is 23.4 Å². The summed E-state index contributed by atoms with van der Waals surface area (Å²) in [6.45, 7) is 7.58.